The number of hydrogen-bond donors (Lipinski definition) is 1. The van der Waals surface area contributed by atoms with Crippen LogP contribution < -0.4 is 10.2 Å². The van der Waals surface area contributed by atoms with Crippen molar-refractivity contribution in [2.24, 2.45) is 0 Å². The molecule has 1 fully saturated rings. The first-order valence-electron chi connectivity index (χ1n) is 8.89. The van der Waals surface area contributed by atoms with Gasteiger partial charge in [0.2, 0.25) is 5.95 Å². The highest BCUT2D eigenvalue weighted by Gasteiger charge is 2.19. The number of anilines is 1. The molecule has 0 spiro atoms. The average molecular weight is 328 g/mol. The number of aromatic nitrogens is 2. The zero-order valence-electron chi connectivity index (χ0n) is 15.0. The zero-order chi connectivity index (χ0) is 16.9. The molecule has 1 atom stereocenters. The molecular weight excluding hydrogens is 300 g/mol. The fourth-order valence-electron chi connectivity index (χ4n) is 3.39. The molecule has 1 aliphatic rings. The first kappa shape index (κ1) is 17.1. The molecule has 3 rings (SSSR count). The summed E-state index contributed by atoms with van der Waals surface area (Å²) in [6.45, 7) is 7.91. The van der Waals surface area contributed by atoms with Crippen molar-refractivity contribution in [3.8, 4) is 0 Å². The van der Waals surface area contributed by atoms with Gasteiger partial charge in [0.25, 0.3) is 0 Å². The van der Waals surface area contributed by atoms with Crippen molar-refractivity contribution in [1.82, 2.24) is 15.3 Å². The lowest BCUT2D eigenvalue weighted by Crippen LogP contribution is -2.33. The Balaban J connectivity index is 1.73. The summed E-state index contributed by atoms with van der Waals surface area (Å²) in [6, 6.07) is 6.97. The molecular formula is C19H28N4O. The molecule has 5 heteroatoms. The van der Waals surface area contributed by atoms with Gasteiger partial charge in [-0.1, -0.05) is 12.1 Å². The molecule has 0 radical (unpaired) electrons. The molecule has 24 heavy (non-hydrogen) atoms. The maximum atomic E-state index is 5.13. The number of nitrogens with one attached hydrogen (secondary N) is 1. The Kier molecular flexibility index (Phi) is 5.63. The quantitative estimate of drug-likeness (QED) is 0.855. The Morgan fingerprint density at radius 2 is 2.08 bits per heavy atom. The van der Waals surface area contributed by atoms with Crippen molar-refractivity contribution in [2.45, 2.75) is 39.2 Å². The van der Waals surface area contributed by atoms with Crippen molar-refractivity contribution < 1.29 is 4.74 Å². The van der Waals surface area contributed by atoms with Crippen LogP contribution >= 0.6 is 0 Å². The number of ether oxygens (including phenoxy) is 1. The van der Waals surface area contributed by atoms with Crippen LogP contribution in [0, 0.1) is 13.8 Å². The highest BCUT2D eigenvalue weighted by molar-refractivity contribution is 5.82. The summed E-state index contributed by atoms with van der Waals surface area (Å²) < 4.78 is 5.13. The number of nitrogens with zero attached hydrogens (tertiary/aromatic N) is 3. The number of benzene rings is 1. The van der Waals surface area contributed by atoms with Crippen molar-refractivity contribution in [1.29, 1.82) is 0 Å². The summed E-state index contributed by atoms with van der Waals surface area (Å²) in [6.07, 6.45) is 3.49. The van der Waals surface area contributed by atoms with Crippen LogP contribution in [0.2, 0.25) is 0 Å². The van der Waals surface area contributed by atoms with Crippen LogP contribution in [0.25, 0.3) is 10.9 Å². The Hall–Kier alpha value is -1.72. The van der Waals surface area contributed by atoms with E-state index in [-0.39, 0.29) is 0 Å². The van der Waals surface area contributed by atoms with E-state index in [0.717, 1.165) is 55.2 Å². The summed E-state index contributed by atoms with van der Waals surface area (Å²) in [4.78, 5) is 11.9. The molecule has 1 aromatic heterocycles. The van der Waals surface area contributed by atoms with E-state index >= 15 is 0 Å². The zero-order valence-corrected chi connectivity index (χ0v) is 15.0. The second kappa shape index (κ2) is 7.90. The van der Waals surface area contributed by atoms with Gasteiger partial charge in [0.1, 0.15) is 0 Å². The van der Waals surface area contributed by atoms with Crippen LogP contribution in [0.5, 0.6) is 0 Å². The SMILES string of the molecule is COCCNC1CCCN(c2nc(C)c3ccc(C)cc3n2)CC1. The minimum Gasteiger partial charge on any atom is -0.383 e. The van der Waals surface area contributed by atoms with Crippen LogP contribution in [0.15, 0.2) is 18.2 Å². The second-order valence-electron chi connectivity index (χ2n) is 6.69. The van der Waals surface area contributed by atoms with E-state index in [0.29, 0.717) is 6.04 Å². The number of fused-ring (bicyclic) bond motifs is 1. The Morgan fingerprint density at radius 1 is 1.21 bits per heavy atom. The largest absolute Gasteiger partial charge is 0.383 e. The van der Waals surface area contributed by atoms with Crippen LogP contribution in [-0.4, -0.2) is 49.4 Å². The third kappa shape index (κ3) is 4.02. The molecule has 130 valence electrons. The van der Waals surface area contributed by atoms with Gasteiger partial charge in [0.05, 0.1) is 17.8 Å². The van der Waals surface area contributed by atoms with Crippen LogP contribution in [0.4, 0.5) is 5.95 Å². The van der Waals surface area contributed by atoms with Gasteiger partial charge < -0.3 is 15.0 Å². The first-order valence-corrected chi connectivity index (χ1v) is 8.89. The molecule has 2 aromatic rings. The Bertz CT molecular complexity index is 688. The van der Waals surface area contributed by atoms with Crippen molar-refractivity contribution in [2.75, 3.05) is 38.3 Å². The normalized spacial score (nSPS) is 18.8. The van der Waals surface area contributed by atoms with Crippen LogP contribution in [-0.2, 0) is 4.74 Å². The molecule has 1 unspecified atom stereocenters. The molecule has 1 N–H and O–H groups in total. The molecule has 1 aromatic carbocycles. The highest BCUT2D eigenvalue weighted by atomic mass is 16.5. The number of methoxy groups -OCH3 is 1. The van der Waals surface area contributed by atoms with E-state index < -0.39 is 0 Å². The van der Waals surface area contributed by atoms with Crippen molar-refractivity contribution in [3.63, 3.8) is 0 Å². The maximum Gasteiger partial charge on any atom is 0.226 e. The summed E-state index contributed by atoms with van der Waals surface area (Å²) >= 11 is 0. The third-order valence-electron chi connectivity index (χ3n) is 4.78. The van der Waals surface area contributed by atoms with Gasteiger partial charge in [-0.3, -0.25) is 0 Å². The van der Waals surface area contributed by atoms with Crippen LogP contribution in [0.3, 0.4) is 0 Å². The molecule has 2 heterocycles. The van der Waals surface area contributed by atoms with Gasteiger partial charge in [0, 0.05) is 38.2 Å². The van der Waals surface area contributed by atoms with E-state index in [9.17, 15) is 0 Å². The van der Waals surface area contributed by atoms with Crippen molar-refractivity contribution in [3.05, 3.63) is 29.5 Å². The molecule has 0 saturated carbocycles. The van der Waals surface area contributed by atoms with Gasteiger partial charge in [-0.05, 0) is 44.7 Å². The molecule has 1 saturated heterocycles. The number of rotatable bonds is 5. The topological polar surface area (TPSA) is 50.3 Å². The van der Waals surface area contributed by atoms with Gasteiger partial charge >= 0.3 is 0 Å². The van der Waals surface area contributed by atoms with E-state index in [1.807, 2.05) is 0 Å². The predicted octanol–water partition coefficient (Wildman–Crippen LogP) is 2.84. The lowest BCUT2D eigenvalue weighted by atomic mass is 10.1. The minimum absolute atomic E-state index is 0.564. The smallest absolute Gasteiger partial charge is 0.226 e. The fraction of sp³-hybridized carbons (Fsp3) is 0.579. The van der Waals surface area contributed by atoms with Gasteiger partial charge in [-0.15, -0.1) is 0 Å². The summed E-state index contributed by atoms with van der Waals surface area (Å²) in [7, 11) is 1.75. The minimum atomic E-state index is 0.564. The average Bonchev–Trinajstić information content (AvgIpc) is 2.80. The second-order valence-corrected chi connectivity index (χ2v) is 6.69. The Morgan fingerprint density at radius 3 is 2.92 bits per heavy atom. The first-order chi connectivity index (χ1) is 11.7. The lowest BCUT2D eigenvalue weighted by Gasteiger charge is -2.21. The predicted molar refractivity (Wildman–Crippen MR) is 98.7 cm³/mol. The van der Waals surface area contributed by atoms with Crippen molar-refractivity contribution >= 4 is 16.9 Å². The van der Waals surface area contributed by atoms with Gasteiger partial charge in [-0.25, -0.2) is 9.97 Å². The molecule has 5 nitrogen and oxygen atoms in total. The molecule has 0 bridgehead atoms. The molecule has 0 amide bonds. The summed E-state index contributed by atoms with van der Waals surface area (Å²) in [5.41, 5.74) is 3.36. The van der Waals surface area contributed by atoms with E-state index in [1.165, 1.54) is 18.4 Å². The van der Waals surface area contributed by atoms with Gasteiger partial charge in [-0.2, -0.15) is 0 Å². The highest BCUT2D eigenvalue weighted by Crippen LogP contribution is 2.22. The van der Waals surface area contributed by atoms with E-state index in [1.54, 1.807) is 7.11 Å². The fourth-order valence-corrected chi connectivity index (χ4v) is 3.39. The maximum absolute atomic E-state index is 5.13. The van der Waals surface area contributed by atoms with Gasteiger partial charge in [0.15, 0.2) is 0 Å². The van der Waals surface area contributed by atoms with Crippen LogP contribution in [0.1, 0.15) is 30.5 Å². The van der Waals surface area contributed by atoms with E-state index in [4.69, 9.17) is 14.7 Å². The summed E-state index contributed by atoms with van der Waals surface area (Å²) in [5, 5.41) is 4.74. The lowest BCUT2D eigenvalue weighted by molar-refractivity contribution is 0.194. The van der Waals surface area contributed by atoms with E-state index in [2.05, 4.69) is 42.3 Å². The third-order valence-corrected chi connectivity index (χ3v) is 4.78. The number of hydrogen-bond acceptors (Lipinski definition) is 5. The number of aryl methyl sites for hydroxylation is 2. The summed E-state index contributed by atoms with van der Waals surface area (Å²) in [5.74, 6) is 0.878. The monoisotopic (exact) mass is 328 g/mol. The Labute approximate surface area is 144 Å². The standard InChI is InChI=1S/C19H28N4O/c1-14-6-7-17-15(2)21-19(22-18(17)13-14)23-10-4-5-16(8-11-23)20-9-12-24-3/h6-7,13,16,20H,4-5,8-12H2,1-3H3. The molecule has 0 aliphatic carbocycles. The molecule has 1 aliphatic heterocycles.